The van der Waals surface area contributed by atoms with Gasteiger partial charge in [-0.3, -0.25) is 11.3 Å². The number of hydrazine groups is 1. The molecule has 0 fully saturated rings. The van der Waals surface area contributed by atoms with Crippen LogP contribution in [0.2, 0.25) is 0 Å². The van der Waals surface area contributed by atoms with Crippen molar-refractivity contribution in [1.82, 2.24) is 5.43 Å². The number of thioether (sulfide) groups is 1. The quantitative estimate of drug-likeness (QED) is 0.481. The summed E-state index contributed by atoms with van der Waals surface area (Å²) in [4.78, 5) is 1.06. The van der Waals surface area contributed by atoms with Crippen molar-refractivity contribution in [3.8, 4) is 0 Å². The molecule has 0 heterocycles. The van der Waals surface area contributed by atoms with Crippen LogP contribution >= 0.6 is 27.7 Å². The first-order valence-corrected chi connectivity index (χ1v) is 7.67. The topological polar surface area (TPSA) is 38.0 Å². The summed E-state index contributed by atoms with van der Waals surface area (Å²) in [5.41, 5.74) is 3.09. The van der Waals surface area contributed by atoms with Gasteiger partial charge in [-0.2, -0.15) is 0 Å². The standard InChI is InChI=1S/C14H13BrF2N2S/c15-10-1-3-13(4-2-10)20-8-14(19-18)9-5-11(16)7-12(17)6-9/h1-7,14,19H,8,18H2. The molecule has 0 aliphatic rings. The van der Waals surface area contributed by atoms with Gasteiger partial charge in [0.25, 0.3) is 0 Å². The van der Waals surface area contributed by atoms with Gasteiger partial charge in [-0.25, -0.2) is 8.78 Å². The number of rotatable bonds is 5. The van der Waals surface area contributed by atoms with E-state index >= 15 is 0 Å². The third-order valence-corrected chi connectivity index (χ3v) is 4.35. The first-order chi connectivity index (χ1) is 9.58. The van der Waals surface area contributed by atoms with E-state index in [4.69, 9.17) is 5.84 Å². The molecule has 0 aromatic heterocycles. The van der Waals surface area contributed by atoms with Gasteiger partial charge in [0.1, 0.15) is 11.6 Å². The van der Waals surface area contributed by atoms with Crippen LogP contribution in [0.3, 0.4) is 0 Å². The predicted molar refractivity (Wildman–Crippen MR) is 81.3 cm³/mol. The van der Waals surface area contributed by atoms with E-state index in [0.717, 1.165) is 15.4 Å². The average Bonchev–Trinajstić information content (AvgIpc) is 2.40. The van der Waals surface area contributed by atoms with E-state index in [1.54, 1.807) is 11.8 Å². The molecule has 0 saturated heterocycles. The van der Waals surface area contributed by atoms with Crippen LogP contribution in [-0.2, 0) is 0 Å². The fraction of sp³-hybridized carbons (Fsp3) is 0.143. The first-order valence-electron chi connectivity index (χ1n) is 5.89. The maximum Gasteiger partial charge on any atom is 0.126 e. The van der Waals surface area contributed by atoms with Crippen LogP contribution in [0.25, 0.3) is 0 Å². The molecule has 2 aromatic rings. The third-order valence-electron chi connectivity index (χ3n) is 2.72. The number of nitrogens with two attached hydrogens (primary N) is 1. The minimum atomic E-state index is -0.603. The van der Waals surface area contributed by atoms with E-state index in [0.29, 0.717) is 11.3 Å². The fourth-order valence-corrected chi connectivity index (χ4v) is 2.97. The molecule has 0 aliphatic heterocycles. The second-order valence-electron chi connectivity index (χ2n) is 4.19. The van der Waals surface area contributed by atoms with Crippen molar-refractivity contribution in [3.05, 3.63) is 64.1 Å². The lowest BCUT2D eigenvalue weighted by atomic mass is 10.1. The SMILES string of the molecule is NNC(CSc1ccc(Br)cc1)c1cc(F)cc(F)c1. The molecule has 0 amide bonds. The monoisotopic (exact) mass is 358 g/mol. The largest absolute Gasteiger partial charge is 0.271 e. The molecular weight excluding hydrogens is 346 g/mol. The van der Waals surface area contributed by atoms with Crippen molar-refractivity contribution in [2.45, 2.75) is 10.9 Å². The van der Waals surface area contributed by atoms with Crippen LogP contribution in [0.4, 0.5) is 8.78 Å². The Morgan fingerprint density at radius 3 is 2.25 bits per heavy atom. The lowest BCUT2D eigenvalue weighted by Gasteiger charge is -2.16. The highest BCUT2D eigenvalue weighted by Gasteiger charge is 2.12. The minimum absolute atomic E-state index is 0.325. The van der Waals surface area contributed by atoms with Gasteiger partial charge in [0.15, 0.2) is 0 Å². The number of hydrogen-bond acceptors (Lipinski definition) is 3. The van der Waals surface area contributed by atoms with Crippen LogP contribution in [0.15, 0.2) is 51.8 Å². The highest BCUT2D eigenvalue weighted by molar-refractivity contribution is 9.10. The molecule has 1 atom stereocenters. The molecule has 2 aromatic carbocycles. The molecule has 6 heteroatoms. The molecule has 0 saturated carbocycles. The smallest absolute Gasteiger partial charge is 0.126 e. The molecule has 0 aliphatic carbocycles. The minimum Gasteiger partial charge on any atom is -0.271 e. The normalized spacial score (nSPS) is 12.4. The fourth-order valence-electron chi connectivity index (χ4n) is 1.73. The van der Waals surface area contributed by atoms with E-state index in [2.05, 4.69) is 21.4 Å². The molecule has 1 unspecified atom stereocenters. The first kappa shape index (κ1) is 15.4. The molecule has 0 bridgehead atoms. The van der Waals surface area contributed by atoms with Gasteiger partial charge in [-0.15, -0.1) is 11.8 Å². The number of benzene rings is 2. The van der Waals surface area contributed by atoms with Crippen LogP contribution in [-0.4, -0.2) is 5.75 Å². The number of nitrogens with one attached hydrogen (secondary N) is 1. The Hall–Kier alpha value is -0.950. The Bertz CT molecular complexity index is 558. The second-order valence-corrected chi connectivity index (χ2v) is 6.20. The molecule has 0 radical (unpaired) electrons. The van der Waals surface area contributed by atoms with Gasteiger partial charge in [0.2, 0.25) is 0 Å². The molecule has 20 heavy (non-hydrogen) atoms. The van der Waals surface area contributed by atoms with E-state index in [1.807, 2.05) is 24.3 Å². The Kier molecular flexibility index (Phi) is 5.54. The molecule has 3 N–H and O–H groups in total. The number of hydrogen-bond donors (Lipinski definition) is 2. The van der Waals surface area contributed by atoms with E-state index in [-0.39, 0.29) is 6.04 Å². The predicted octanol–water partition coefficient (Wildman–Crippen LogP) is 4.02. The molecular formula is C14H13BrF2N2S. The zero-order valence-electron chi connectivity index (χ0n) is 10.4. The van der Waals surface area contributed by atoms with Crippen molar-refractivity contribution in [3.63, 3.8) is 0 Å². The van der Waals surface area contributed by atoms with Crippen LogP contribution in [0, 0.1) is 11.6 Å². The summed E-state index contributed by atoms with van der Waals surface area (Å²) in [6.07, 6.45) is 0. The van der Waals surface area contributed by atoms with Gasteiger partial charge in [0, 0.05) is 21.2 Å². The summed E-state index contributed by atoms with van der Waals surface area (Å²) < 4.78 is 27.4. The lowest BCUT2D eigenvalue weighted by molar-refractivity contribution is 0.559. The summed E-state index contributed by atoms with van der Waals surface area (Å²) in [6, 6.07) is 10.9. The van der Waals surface area contributed by atoms with Gasteiger partial charge in [0.05, 0.1) is 6.04 Å². The average molecular weight is 359 g/mol. The Morgan fingerprint density at radius 1 is 1.10 bits per heavy atom. The molecule has 106 valence electrons. The van der Waals surface area contributed by atoms with Crippen molar-refractivity contribution < 1.29 is 8.78 Å². The van der Waals surface area contributed by atoms with Gasteiger partial charge in [-0.05, 0) is 42.0 Å². The van der Waals surface area contributed by atoms with Crippen LogP contribution in [0.1, 0.15) is 11.6 Å². The number of halogens is 3. The van der Waals surface area contributed by atoms with Gasteiger partial charge < -0.3 is 0 Å². The Balaban J connectivity index is 2.07. The Labute approximate surface area is 128 Å². The third kappa shape index (κ3) is 4.28. The molecule has 0 spiro atoms. The summed E-state index contributed by atoms with van der Waals surface area (Å²) in [7, 11) is 0. The van der Waals surface area contributed by atoms with E-state index in [1.165, 1.54) is 12.1 Å². The highest BCUT2D eigenvalue weighted by Crippen LogP contribution is 2.26. The summed E-state index contributed by atoms with van der Waals surface area (Å²) >= 11 is 4.93. The molecule has 2 nitrogen and oxygen atoms in total. The second kappa shape index (κ2) is 7.17. The van der Waals surface area contributed by atoms with E-state index in [9.17, 15) is 8.78 Å². The van der Waals surface area contributed by atoms with Gasteiger partial charge >= 0.3 is 0 Å². The summed E-state index contributed by atoms with van der Waals surface area (Å²) in [6.45, 7) is 0. The zero-order valence-corrected chi connectivity index (χ0v) is 12.8. The van der Waals surface area contributed by atoms with Crippen LogP contribution in [0.5, 0.6) is 0 Å². The van der Waals surface area contributed by atoms with Crippen molar-refractivity contribution in [1.29, 1.82) is 0 Å². The summed E-state index contributed by atoms with van der Waals surface area (Å²) in [5, 5.41) is 0. The Morgan fingerprint density at radius 2 is 1.70 bits per heavy atom. The zero-order chi connectivity index (χ0) is 14.5. The van der Waals surface area contributed by atoms with Crippen molar-refractivity contribution in [2.24, 2.45) is 5.84 Å². The van der Waals surface area contributed by atoms with Gasteiger partial charge in [-0.1, -0.05) is 15.9 Å². The molecule has 2 rings (SSSR count). The van der Waals surface area contributed by atoms with Crippen molar-refractivity contribution >= 4 is 27.7 Å². The van der Waals surface area contributed by atoms with Crippen molar-refractivity contribution in [2.75, 3.05) is 5.75 Å². The lowest BCUT2D eigenvalue weighted by Crippen LogP contribution is -2.29. The summed E-state index contributed by atoms with van der Waals surface area (Å²) in [5.74, 6) is 4.84. The van der Waals surface area contributed by atoms with E-state index < -0.39 is 11.6 Å². The van der Waals surface area contributed by atoms with Crippen LogP contribution < -0.4 is 11.3 Å². The maximum absolute atomic E-state index is 13.2. The highest BCUT2D eigenvalue weighted by atomic mass is 79.9. The maximum atomic E-state index is 13.2.